The second-order valence-corrected chi connectivity index (χ2v) is 4.62. The molecule has 1 amide bonds. The molecule has 0 unspecified atom stereocenters. The van der Waals surface area contributed by atoms with Gasteiger partial charge in [-0.25, -0.2) is 0 Å². The highest BCUT2D eigenvalue weighted by Gasteiger charge is 2.30. The van der Waals surface area contributed by atoms with Crippen LogP contribution in [0.25, 0.3) is 0 Å². The summed E-state index contributed by atoms with van der Waals surface area (Å²) in [5.41, 5.74) is 0. The number of piperidine rings is 1. The van der Waals surface area contributed by atoms with Gasteiger partial charge in [0.1, 0.15) is 0 Å². The molecule has 2 aliphatic heterocycles. The van der Waals surface area contributed by atoms with Gasteiger partial charge < -0.3 is 15.3 Å². The van der Waals surface area contributed by atoms with Crippen LogP contribution in [-0.4, -0.2) is 48.2 Å². The summed E-state index contributed by atoms with van der Waals surface area (Å²) in [4.78, 5) is 14.0. The fourth-order valence-electron chi connectivity index (χ4n) is 2.46. The predicted molar refractivity (Wildman–Crippen MR) is 57.4 cm³/mol. The Labute approximate surface area is 90.6 Å². The average molecular weight is 212 g/mol. The molecule has 2 N–H and O–H groups in total. The van der Waals surface area contributed by atoms with Gasteiger partial charge in [-0.05, 0) is 25.8 Å². The molecule has 2 rings (SSSR count). The third-order valence-electron chi connectivity index (χ3n) is 3.46. The van der Waals surface area contributed by atoms with Crippen molar-refractivity contribution in [1.82, 2.24) is 10.2 Å². The van der Waals surface area contributed by atoms with Gasteiger partial charge in [0, 0.05) is 25.6 Å². The highest BCUT2D eigenvalue weighted by molar-refractivity contribution is 5.82. The minimum atomic E-state index is 0.0381. The maximum atomic E-state index is 12.0. The zero-order chi connectivity index (χ0) is 10.7. The first-order chi connectivity index (χ1) is 7.31. The molecular weight excluding hydrogens is 192 g/mol. The Balaban J connectivity index is 1.85. The minimum Gasteiger partial charge on any atom is -0.396 e. The smallest absolute Gasteiger partial charge is 0.239 e. The molecule has 2 fully saturated rings. The van der Waals surface area contributed by atoms with Crippen LogP contribution in [0.2, 0.25) is 0 Å². The van der Waals surface area contributed by atoms with Crippen LogP contribution in [0.5, 0.6) is 0 Å². The third-order valence-corrected chi connectivity index (χ3v) is 3.46. The topological polar surface area (TPSA) is 52.6 Å². The molecule has 2 aliphatic rings. The molecule has 0 bridgehead atoms. The summed E-state index contributed by atoms with van der Waals surface area (Å²) < 4.78 is 0. The molecule has 0 radical (unpaired) electrons. The van der Waals surface area contributed by atoms with E-state index in [1.54, 1.807) is 0 Å². The fraction of sp³-hybridized carbons (Fsp3) is 0.909. The number of aliphatic hydroxyl groups excluding tert-OH is 1. The van der Waals surface area contributed by atoms with Crippen molar-refractivity contribution in [2.45, 2.75) is 31.7 Å². The Morgan fingerprint density at radius 1 is 1.40 bits per heavy atom. The number of nitrogens with one attached hydrogen (secondary N) is 1. The van der Waals surface area contributed by atoms with E-state index in [0.29, 0.717) is 5.92 Å². The number of hydrogen-bond donors (Lipinski definition) is 2. The van der Waals surface area contributed by atoms with E-state index >= 15 is 0 Å². The Morgan fingerprint density at radius 3 is 2.87 bits per heavy atom. The summed E-state index contributed by atoms with van der Waals surface area (Å²) in [6, 6.07) is 0.0381. The van der Waals surface area contributed by atoms with Crippen molar-refractivity contribution in [2.24, 2.45) is 5.92 Å². The van der Waals surface area contributed by atoms with Crippen molar-refractivity contribution in [3.05, 3.63) is 0 Å². The van der Waals surface area contributed by atoms with E-state index in [4.69, 9.17) is 5.11 Å². The van der Waals surface area contributed by atoms with Crippen molar-refractivity contribution in [1.29, 1.82) is 0 Å². The molecule has 0 spiro atoms. The maximum Gasteiger partial charge on any atom is 0.239 e. The SMILES string of the molecule is O=C([C@H]1CCCCN1)N1CC[C@@H](CO)C1. The van der Waals surface area contributed by atoms with Gasteiger partial charge in [0.05, 0.1) is 6.04 Å². The summed E-state index contributed by atoms with van der Waals surface area (Å²) >= 11 is 0. The molecule has 0 aliphatic carbocycles. The van der Waals surface area contributed by atoms with E-state index in [2.05, 4.69) is 5.32 Å². The lowest BCUT2D eigenvalue weighted by atomic mass is 10.0. The van der Waals surface area contributed by atoms with Gasteiger partial charge in [-0.3, -0.25) is 4.79 Å². The van der Waals surface area contributed by atoms with Gasteiger partial charge in [0.15, 0.2) is 0 Å². The first kappa shape index (κ1) is 10.9. The van der Waals surface area contributed by atoms with E-state index in [0.717, 1.165) is 38.9 Å². The number of rotatable bonds is 2. The molecule has 2 heterocycles. The highest BCUT2D eigenvalue weighted by atomic mass is 16.3. The Hall–Kier alpha value is -0.610. The molecule has 0 saturated carbocycles. The van der Waals surface area contributed by atoms with E-state index in [9.17, 15) is 4.79 Å². The Kier molecular flexibility index (Phi) is 3.59. The van der Waals surface area contributed by atoms with Crippen LogP contribution >= 0.6 is 0 Å². The monoisotopic (exact) mass is 212 g/mol. The lowest BCUT2D eigenvalue weighted by molar-refractivity contribution is -0.133. The van der Waals surface area contributed by atoms with Crippen molar-refractivity contribution >= 4 is 5.91 Å². The zero-order valence-electron chi connectivity index (χ0n) is 9.11. The van der Waals surface area contributed by atoms with Gasteiger partial charge in [0.25, 0.3) is 0 Å². The van der Waals surface area contributed by atoms with Gasteiger partial charge in [0.2, 0.25) is 5.91 Å². The molecule has 86 valence electrons. The number of amides is 1. The fourth-order valence-corrected chi connectivity index (χ4v) is 2.46. The Morgan fingerprint density at radius 2 is 2.27 bits per heavy atom. The van der Waals surface area contributed by atoms with Crippen molar-refractivity contribution in [2.75, 3.05) is 26.2 Å². The van der Waals surface area contributed by atoms with Gasteiger partial charge in [-0.15, -0.1) is 0 Å². The van der Waals surface area contributed by atoms with E-state index < -0.39 is 0 Å². The zero-order valence-corrected chi connectivity index (χ0v) is 9.11. The van der Waals surface area contributed by atoms with E-state index in [-0.39, 0.29) is 18.6 Å². The predicted octanol–water partition coefficient (Wildman–Crippen LogP) is -0.0307. The minimum absolute atomic E-state index is 0.0381. The lowest BCUT2D eigenvalue weighted by Gasteiger charge is -2.27. The normalized spacial score (nSPS) is 31.9. The second-order valence-electron chi connectivity index (χ2n) is 4.62. The third kappa shape index (κ3) is 2.49. The van der Waals surface area contributed by atoms with Gasteiger partial charge >= 0.3 is 0 Å². The van der Waals surface area contributed by atoms with Crippen LogP contribution in [0.4, 0.5) is 0 Å². The Bertz CT molecular complexity index is 227. The number of carbonyl (C=O) groups is 1. The molecule has 2 saturated heterocycles. The number of likely N-dealkylation sites (tertiary alicyclic amines) is 1. The van der Waals surface area contributed by atoms with Crippen molar-refractivity contribution < 1.29 is 9.90 Å². The molecule has 15 heavy (non-hydrogen) atoms. The quantitative estimate of drug-likeness (QED) is 0.676. The van der Waals surface area contributed by atoms with E-state index in [1.165, 1.54) is 6.42 Å². The van der Waals surface area contributed by atoms with Crippen LogP contribution in [-0.2, 0) is 4.79 Å². The number of nitrogens with zero attached hydrogens (tertiary/aromatic N) is 1. The van der Waals surface area contributed by atoms with Crippen LogP contribution < -0.4 is 5.32 Å². The number of carbonyl (C=O) groups excluding carboxylic acids is 1. The maximum absolute atomic E-state index is 12.0. The lowest BCUT2D eigenvalue weighted by Crippen LogP contribution is -2.47. The summed E-state index contributed by atoms with van der Waals surface area (Å²) in [6.07, 6.45) is 4.26. The van der Waals surface area contributed by atoms with E-state index in [1.807, 2.05) is 4.90 Å². The highest BCUT2D eigenvalue weighted by Crippen LogP contribution is 2.18. The summed E-state index contributed by atoms with van der Waals surface area (Å²) in [7, 11) is 0. The summed E-state index contributed by atoms with van der Waals surface area (Å²) in [5, 5.41) is 12.3. The van der Waals surface area contributed by atoms with Gasteiger partial charge in [-0.1, -0.05) is 6.42 Å². The standard InChI is InChI=1S/C11H20N2O2/c14-8-9-4-6-13(7-9)11(15)10-3-1-2-5-12-10/h9-10,12,14H,1-8H2/t9-,10-/m1/s1. The largest absolute Gasteiger partial charge is 0.396 e. The first-order valence-corrected chi connectivity index (χ1v) is 5.94. The van der Waals surface area contributed by atoms with Gasteiger partial charge in [-0.2, -0.15) is 0 Å². The first-order valence-electron chi connectivity index (χ1n) is 5.94. The van der Waals surface area contributed by atoms with Crippen LogP contribution in [0, 0.1) is 5.92 Å². The van der Waals surface area contributed by atoms with Crippen LogP contribution in [0.1, 0.15) is 25.7 Å². The molecule has 4 heteroatoms. The molecule has 0 aromatic heterocycles. The summed E-state index contributed by atoms with van der Waals surface area (Å²) in [6.45, 7) is 2.74. The van der Waals surface area contributed by atoms with Crippen molar-refractivity contribution in [3.8, 4) is 0 Å². The number of hydrogen-bond acceptors (Lipinski definition) is 3. The molecule has 0 aromatic carbocycles. The van der Waals surface area contributed by atoms with Crippen LogP contribution in [0.3, 0.4) is 0 Å². The molecule has 2 atom stereocenters. The molecule has 4 nitrogen and oxygen atoms in total. The number of aliphatic hydroxyl groups is 1. The van der Waals surface area contributed by atoms with Crippen molar-refractivity contribution in [3.63, 3.8) is 0 Å². The summed E-state index contributed by atoms with van der Waals surface area (Å²) in [5.74, 6) is 0.545. The second kappa shape index (κ2) is 4.94. The average Bonchev–Trinajstić information content (AvgIpc) is 2.78. The molecule has 0 aromatic rings. The molecular formula is C11H20N2O2. The van der Waals surface area contributed by atoms with Crippen LogP contribution in [0.15, 0.2) is 0 Å².